The van der Waals surface area contributed by atoms with Crippen LogP contribution in [-0.4, -0.2) is 52.8 Å². The van der Waals surface area contributed by atoms with Gasteiger partial charge in [-0.1, -0.05) is 23.8 Å². The number of aromatic carboxylic acids is 1. The molecule has 1 saturated heterocycles. The molecule has 0 radical (unpaired) electrons. The largest absolute Gasteiger partial charge is 0.478 e. The van der Waals surface area contributed by atoms with Crippen molar-refractivity contribution in [2.45, 2.75) is 32.7 Å². The molecule has 1 fully saturated rings. The molecule has 1 aliphatic heterocycles. The summed E-state index contributed by atoms with van der Waals surface area (Å²) in [6.07, 6.45) is 4.87. The van der Waals surface area contributed by atoms with Crippen molar-refractivity contribution in [1.29, 1.82) is 0 Å². The zero-order valence-electron chi connectivity index (χ0n) is 17.8. The topological polar surface area (TPSA) is 71.8 Å². The van der Waals surface area contributed by atoms with E-state index < -0.39 is 5.97 Å². The van der Waals surface area contributed by atoms with E-state index in [-0.39, 0.29) is 5.91 Å². The molecule has 6 heteroatoms. The predicted octanol–water partition coefficient (Wildman–Crippen LogP) is 4.14. The second-order valence-electron chi connectivity index (χ2n) is 8.12. The van der Waals surface area contributed by atoms with Crippen molar-refractivity contribution in [3.05, 3.63) is 70.9 Å². The molecular weight excluding hydrogens is 392 g/mol. The second-order valence-corrected chi connectivity index (χ2v) is 8.12. The Balaban J connectivity index is 1.45. The molecule has 0 unspecified atom stereocenters. The number of carbonyl (C=O) groups excluding carboxylic acids is 1. The number of carbonyl (C=O) groups is 2. The predicted molar refractivity (Wildman–Crippen MR) is 120 cm³/mol. The van der Waals surface area contributed by atoms with Crippen LogP contribution in [0.25, 0.3) is 10.9 Å². The van der Waals surface area contributed by atoms with Gasteiger partial charge in [-0.05, 0) is 56.0 Å². The Labute approximate surface area is 182 Å². The zero-order valence-corrected chi connectivity index (χ0v) is 17.8. The number of nitrogens with zero attached hydrogens (tertiary/aromatic N) is 2. The van der Waals surface area contributed by atoms with Gasteiger partial charge in [-0.3, -0.25) is 4.79 Å². The zero-order chi connectivity index (χ0) is 21.8. The minimum atomic E-state index is -0.899. The van der Waals surface area contributed by atoms with Crippen LogP contribution in [0.1, 0.15) is 44.7 Å². The quantitative estimate of drug-likeness (QED) is 0.583. The van der Waals surface area contributed by atoms with E-state index >= 15 is 0 Å². The lowest BCUT2D eigenvalue weighted by atomic mass is 10.1. The van der Waals surface area contributed by atoms with Crippen LogP contribution in [0, 0.1) is 6.92 Å². The first kappa shape index (κ1) is 21.1. The first-order chi connectivity index (χ1) is 15.0. The molecule has 1 N–H and O–H groups in total. The van der Waals surface area contributed by atoms with Gasteiger partial charge in [0.1, 0.15) is 0 Å². The highest BCUT2D eigenvalue weighted by molar-refractivity contribution is 6.07. The summed E-state index contributed by atoms with van der Waals surface area (Å²) < 4.78 is 7.58. The third-order valence-electron chi connectivity index (χ3n) is 5.88. The fraction of sp³-hybridized carbons (Fsp3) is 0.360. The lowest BCUT2D eigenvalue weighted by molar-refractivity contribution is 0.0304. The van der Waals surface area contributed by atoms with E-state index in [0.29, 0.717) is 31.9 Å². The van der Waals surface area contributed by atoms with Gasteiger partial charge in [-0.15, -0.1) is 0 Å². The molecule has 1 aromatic heterocycles. The number of amides is 1. The highest BCUT2D eigenvalue weighted by Crippen LogP contribution is 2.25. The summed E-state index contributed by atoms with van der Waals surface area (Å²) in [5.41, 5.74) is 4.46. The van der Waals surface area contributed by atoms with Crippen LogP contribution in [0.3, 0.4) is 0 Å². The number of rotatable bonds is 7. The molecule has 2 aromatic carbocycles. The van der Waals surface area contributed by atoms with Gasteiger partial charge >= 0.3 is 5.97 Å². The summed E-state index contributed by atoms with van der Waals surface area (Å²) in [6, 6.07) is 13.4. The number of unbranched alkanes of at least 4 members (excludes halogenated alkanes) is 1. The molecule has 31 heavy (non-hydrogen) atoms. The van der Waals surface area contributed by atoms with Crippen molar-refractivity contribution < 1.29 is 19.4 Å². The number of aromatic nitrogens is 1. The molecule has 2 heterocycles. The van der Waals surface area contributed by atoms with E-state index in [2.05, 4.69) is 29.7 Å². The number of aryl methyl sites for hydroxylation is 3. The molecule has 4 rings (SSSR count). The summed E-state index contributed by atoms with van der Waals surface area (Å²) in [5, 5.41) is 10.0. The van der Waals surface area contributed by atoms with Crippen molar-refractivity contribution >= 4 is 22.8 Å². The van der Waals surface area contributed by atoms with Crippen molar-refractivity contribution in [2.24, 2.45) is 0 Å². The minimum absolute atomic E-state index is 0.0798. The maximum absolute atomic E-state index is 13.1. The lowest BCUT2D eigenvalue weighted by Crippen LogP contribution is -2.40. The number of carboxylic acid groups (broad SMARTS) is 1. The van der Waals surface area contributed by atoms with Gasteiger partial charge in [0.2, 0.25) is 0 Å². The van der Waals surface area contributed by atoms with E-state index in [4.69, 9.17) is 9.84 Å². The van der Waals surface area contributed by atoms with Crippen LogP contribution in [0.4, 0.5) is 0 Å². The van der Waals surface area contributed by atoms with Crippen LogP contribution in [0.15, 0.2) is 48.7 Å². The molecule has 3 aromatic rings. The molecule has 1 aliphatic rings. The molecule has 0 bridgehead atoms. The highest BCUT2D eigenvalue weighted by atomic mass is 16.5. The van der Waals surface area contributed by atoms with Crippen LogP contribution < -0.4 is 0 Å². The van der Waals surface area contributed by atoms with E-state index in [1.54, 1.807) is 12.1 Å². The Kier molecular flexibility index (Phi) is 6.37. The summed E-state index contributed by atoms with van der Waals surface area (Å²) in [6.45, 7) is 5.35. The monoisotopic (exact) mass is 420 g/mol. The molecular formula is C25H28N2O4. The first-order valence-electron chi connectivity index (χ1n) is 10.8. The number of carboxylic acids is 1. The Bertz CT molecular complexity index is 1080. The third kappa shape index (κ3) is 4.80. The number of ether oxygens (including phenoxy) is 1. The Morgan fingerprint density at radius 3 is 2.48 bits per heavy atom. The summed E-state index contributed by atoms with van der Waals surface area (Å²) in [7, 11) is 0. The van der Waals surface area contributed by atoms with Gasteiger partial charge < -0.3 is 19.3 Å². The second kappa shape index (κ2) is 9.35. The van der Waals surface area contributed by atoms with E-state index in [1.165, 1.54) is 0 Å². The van der Waals surface area contributed by atoms with E-state index in [0.717, 1.165) is 53.4 Å². The fourth-order valence-electron chi connectivity index (χ4n) is 4.13. The summed E-state index contributed by atoms with van der Waals surface area (Å²) in [4.78, 5) is 26.0. The van der Waals surface area contributed by atoms with E-state index in [1.807, 2.05) is 23.2 Å². The Morgan fingerprint density at radius 2 is 1.77 bits per heavy atom. The number of benzene rings is 2. The lowest BCUT2D eigenvalue weighted by Gasteiger charge is -2.26. The molecule has 1 amide bonds. The van der Waals surface area contributed by atoms with E-state index in [9.17, 15) is 9.59 Å². The highest BCUT2D eigenvalue weighted by Gasteiger charge is 2.22. The Morgan fingerprint density at radius 1 is 1.03 bits per heavy atom. The van der Waals surface area contributed by atoms with Crippen molar-refractivity contribution in [1.82, 2.24) is 9.47 Å². The standard InChI is InChI=1S/C25H28N2O4/c1-18-5-10-23-21(16-18)22(24(28)26-12-14-31-15-13-26)17-27(23)11-3-2-4-19-6-8-20(9-7-19)25(29)30/h5-10,16-17H,2-4,11-15H2,1H3,(H,29,30). The number of fused-ring (bicyclic) bond motifs is 1. The maximum Gasteiger partial charge on any atom is 0.335 e. The minimum Gasteiger partial charge on any atom is -0.478 e. The van der Waals surface area contributed by atoms with Crippen molar-refractivity contribution in [3.63, 3.8) is 0 Å². The van der Waals surface area contributed by atoms with Gasteiger partial charge in [0.15, 0.2) is 0 Å². The average molecular weight is 421 g/mol. The van der Waals surface area contributed by atoms with Gasteiger partial charge in [0.25, 0.3) is 5.91 Å². The average Bonchev–Trinajstić information content (AvgIpc) is 3.14. The van der Waals surface area contributed by atoms with Crippen LogP contribution in [-0.2, 0) is 17.7 Å². The summed E-state index contributed by atoms with van der Waals surface area (Å²) in [5.74, 6) is -0.820. The smallest absolute Gasteiger partial charge is 0.335 e. The molecule has 6 nitrogen and oxygen atoms in total. The molecule has 162 valence electrons. The van der Waals surface area contributed by atoms with Crippen LogP contribution >= 0.6 is 0 Å². The van der Waals surface area contributed by atoms with Gasteiger partial charge in [0.05, 0.1) is 24.3 Å². The summed E-state index contributed by atoms with van der Waals surface area (Å²) >= 11 is 0. The maximum atomic E-state index is 13.1. The molecule has 0 atom stereocenters. The van der Waals surface area contributed by atoms with Crippen molar-refractivity contribution in [2.75, 3.05) is 26.3 Å². The van der Waals surface area contributed by atoms with Gasteiger partial charge in [-0.2, -0.15) is 0 Å². The number of morpholine rings is 1. The SMILES string of the molecule is Cc1ccc2c(c1)c(C(=O)N1CCOCC1)cn2CCCCc1ccc(C(=O)O)cc1. The van der Waals surface area contributed by atoms with Crippen LogP contribution in [0.2, 0.25) is 0 Å². The number of hydrogen-bond acceptors (Lipinski definition) is 3. The van der Waals surface area contributed by atoms with Crippen molar-refractivity contribution in [3.8, 4) is 0 Å². The fourth-order valence-corrected chi connectivity index (χ4v) is 4.13. The Hall–Kier alpha value is -3.12. The number of hydrogen-bond donors (Lipinski definition) is 1. The van der Waals surface area contributed by atoms with Gasteiger partial charge in [0, 0.05) is 36.7 Å². The first-order valence-corrected chi connectivity index (χ1v) is 10.8. The molecule has 0 saturated carbocycles. The van der Waals surface area contributed by atoms with Gasteiger partial charge in [-0.25, -0.2) is 4.79 Å². The van der Waals surface area contributed by atoms with Crippen LogP contribution in [0.5, 0.6) is 0 Å². The molecule has 0 aliphatic carbocycles. The molecule has 0 spiro atoms. The normalized spacial score (nSPS) is 14.2. The third-order valence-corrected chi connectivity index (χ3v) is 5.88.